The third-order valence-electron chi connectivity index (χ3n) is 5.61. The van der Waals surface area contributed by atoms with Gasteiger partial charge in [0, 0.05) is 35.4 Å². The van der Waals surface area contributed by atoms with Gasteiger partial charge in [0.25, 0.3) is 0 Å². The first kappa shape index (κ1) is 19.8. The van der Waals surface area contributed by atoms with Crippen LogP contribution >= 0.6 is 11.3 Å². The van der Waals surface area contributed by atoms with Crippen LogP contribution in [0.4, 0.5) is 11.6 Å². The molecule has 1 N–H and O–H groups in total. The van der Waals surface area contributed by atoms with E-state index >= 15 is 0 Å². The number of carbonyl (C=O) groups excluding carboxylic acids is 1. The zero-order valence-electron chi connectivity index (χ0n) is 17.6. The van der Waals surface area contributed by atoms with Gasteiger partial charge in [-0.2, -0.15) is 0 Å². The Morgan fingerprint density at radius 2 is 1.97 bits per heavy atom. The number of nitrogens with one attached hydrogen (secondary N) is 1. The molecule has 0 radical (unpaired) electrons. The Kier molecular flexibility index (Phi) is 5.06. The molecule has 1 saturated heterocycles. The standard InChI is InChI=1S/C21H27N5O2S/c1-12-13(2)29-20-17(12)18(22-11-23-20)26-8-6-14(7-9-26)19(27)24-16-10-15(28-25-16)21(3,4)5/h10-11,14H,6-9H2,1-5H3,(H,24,25,27). The van der Waals surface area contributed by atoms with Gasteiger partial charge in [0.2, 0.25) is 5.91 Å². The average molecular weight is 414 g/mol. The quantitative estimate of drug-likeness (QED) is 0.683. The topological polar surface area (TPSA) is 84.2 Å². The van der Waals surface area contributed by atoms with Crippen LogP contribution in [0.5, 0.6) is 0 Å². The maximum atomic E-state index is 12.7. The summed E-state index contributed by atoms with van der Waals surface area (Å²) in [4.78, 5) is 26.3. The van der Waals surface area contributed by atoms with Crippen molar-refractivity contribution in [2.75, 3.05) is 23.3 Å². The summed E-state index contributed by atoms with van der Waals surface area (Å²) in [5.41, 5.74) is 1.11. The summed E-state index contributed by atoms with van der Waals surface area (Å²) < 4.78 is 5.36. The molecular weight excluding hydrogens is 386 g/mol. The molecule has 4 heterocycles. The number of nitrogens with zero attached hydrogens (tertiary/aromatic N) is 4. The zero-order chi connectivity index (χ0) is 20.8. The van der Waals surface area contributed by atoms with Gasteiger partial charge in [-0.05, 0) is 32.3 Å². The normalized spacial score (nSPS) is 15.8. The Hall–Kier alpha value is -2.48. The lowest BCUT2D eigenvalue weighted by Gasteiger charge is -2.32. The summed E-state index contributed by atoms with van der Waals surface area (Å²) >= 11 is 1.71. The van der Waals surface area contributed by atoms with Gasteiger partial charge >= 0.3 is 0 Å². The number of aromatic nitrogens is 3. The van der Waals surface area contributed by atoms with E-state index in [-0.39, 0.29) is 17.2 Å². The molecule has 4 rings (SSSR count). The second kappa shape index (κ2) is 7.40. The van der Waals surface area contributed by atoms with Crippen molar-refractivity contribution in [3.8, 4) is 0 Å². The van der Waals surface area contributed by atoms with E-state index in [9.17, 15) is 4.79 Å². The number of fused-ring (bicyclic) bond motifs is 1. The SMILES string of the molecule is Cc1sc2ncnc(N3CCC(C(=O)Nc4cc(C(C)(C)C)on4)CC3)c2c1C. The van der Waals surface area contributed by atoms with Crippen molar-refractivity contribution in [2.45, 2.75) is 52.9 Å². The van der Waals surface area contributed by atoms with Gasteiger partial charge in [-0.15, -0.1) is 11.3 Å². The van der Waals surface area contributed by atoms with Crippen LogP contribution in [-0.2, 0) is 10.2 Å². The molecule has 3 aromatic heterocycles. The van der Waals surface area contributed by atoms with Crippen LogP contribution in [0, 0.1) is 19.8 Å². The molecule has 0 aromatic carbocycles. The van der Waals surface area contributed by atoms with Crippen LogP contribution in [0.2, 0.25) is 0 Å². The van der Waals surface area contributed by atoms with Gasteiger partial charge in [-0.1, -0.05) is 25.9 Å². The zero-order valence-corrected chi connectivity index (χ0v) is 18.4. The third kappa shape index (κ3) is 3.85. The fourth-order valence-electron chi connectivity index (χ4n) is 3.67. The number of amides is 1. The molecule has 1 fully saturated rings. The van der Waals surface area contributed by atoms with Crippen molar-refractivity contribution >= 4 is 39.1 Å². The van der Waals surface area contributed by atoms with E-state index in [4.69, 9.17) is 4.52 Å². The highest BCUT2D eigenvalue weighted by molar-refractivity contribution is 7.18. The predicted molar refractivity (Wildman–Crippen MR) is 116 cm³/mol. The maximum absolute atomic E-state index is 12.7. The van der Waals surface area contributed by atoms with Crippen molar-refractivity contribution < 1.29 is 9.32 Å². The predicted octanol–water partition coefficient (Wildman–Crippen LogP) is 4.45. The summed E-state index contributed by atoms with van der Waals surface area (Å²) in [7, 11) is 0. The van der Waals surface area contributed by atoms with Crippen LogP contribution in [0.3, 0.4) is 0 Å². The van der Waals surface area contributed by atoms with Gasteiger partial charge in [0.15, 0.2) is 5.82 Å². The molecular formula is C21H27N5O2S. The highest BCUT2D eigenvalue weighted by Crippen LogP contribution is 2.35. The first-order valence-corrected chi connectivity index (χ1v) is 10.8. The summed E-state index contributed by atoms with van der Waals surface area (Å²) in [5.74, 6) is 2.21. The van der Waals surface area contributed by atoms with Crippen molar-refractivity contribution in [3.05, 3.63) is 28.6 Å². The van der Waals surface area contributed by atoms with Gasteiger partial charge < -0.3 is 14.7 Å². The van der Waals surface area contributed by atoms with E-state index in [1.807, 2.05) is 6.07 Å². The van der Waals surface area contributed by atoms with Gasteiger partial charge in [0.1, 0.15) is 22.7 Å². The summed E-state index contributed by atoms with van der Waals surface area (Å²) in [5, 5.41) is 8.06. The summed E-state index contributed by atoms with van der Waals surface area (Å²) in [6.45, 7) is 12.0. The van der Waals surface area contributed by atoms with Crippen LogP contribution in [0.15, 0.2) is 16.9 Å². The number of hydrogen-bond acceptors (Lipinski definition) is 7. The Bertz CT molecular complexity index is 1040. The molecule has 1 amide bonds. The van der Waals surface area contributed by atoms with E-state index in [1.54, 1.807) is 17.7 Å². The number of carbonyl (C=O) groups is 1. The van der Waals surface area contributed by atoms with E-state index in [0.717, 1.165) is 47.7 Å². The number of aryl methyl sites for hydroxylation is 2. The second-order valence-electron chi connectivity index (χ2n) is 8.74. The van der Waals surface area contributed by atoms with Crippen LogP contribution in [0.1, 0.15) is 49.8 Å². The van der Waals surface area contributed by atoms with E-state index in [1.165, 1.54) is 10.4 Å². The molecule has 0 aliphatic carbocycles. The smallest absolute Gasteiger partial charge is 0.228 e. The van der Waals surface area contributed by atoms with E-state index in [2.05, 4.69) is 60.0 Å². The molecule has 0 spiro atoms. The Morgan fingerprint density at radius 3 is 2.62 bits per heavy atom. The number of anilines is 2. The van der Waals surface area contributed by atoms with Crippen molar-refractivity contribution in [1.82, 2.24) is 15.1 Å². The first-order chi connectivity index (χ1) is 13.7. The lowest BCUT2D eigenvalue weighted by molar-refractivity contribution is -0.120. The molecule has 29 heavy (non-hydrogen) atoms. The molecule has 1 aliphatic heterocycles. The van der Waals surface area contributed by atoms with Crippen LogP contribution in [-0.4, -0.2) is 34.1 Å². The minimum atomic E-state index is -0.137. The molecule has 0 saturated carbocycles. The highest BCUT2D eigenvalue weighted by Gasteiger charge is 2.28. The van der Waals surface area contributed by atoms with Crippen molar-refractivity contribution in [3.63, 3.8) is 0 Å². The fourth-order valence-corrected chi connectivity index (χ4v) is 4.66. The monoisotopic (exact) mass is 413 g/mol. The number of thiophene rings is 1. The van der Waals surface area contributed by atoms with Crippen LogP contribution < -0.4 is 10.2 Å². The van der Waals surface area contributed by atoms with Gasteiger partial charge in [-0.25, -0.2) is 9.97 Å². The van der Waals surface area contributed by atoms with E-state index < -0.39 is 0 Å². The Balaban J connectivity index is 1.42. The molecule has 3 aromatic rings. The Morgan fingerprint density at radius 1 is 1.24 bits per heavy atom. The van der Waals surface area contributed by atoms with E-state index in [0.29, 0.717) is 5.82 Å². The van der Waals surface area contributed by atoms with Crippen molar-refractivity contribution in [1.29, 1.82) is 0 Å². The molecule has 154 valence electrons. The molecule has 0 atom stereocenters. The molecule has 8 heteroatoms. The molecule has 0 unspecified atom stereocenters. The minimum absolute atomic E-state index is 0.00815. The second-order valence-corrected chi connectivity index (χ2v) is 9.94. The number of hydrogen-bond donors (Lipinski definition) is 1. The summed E-state index contributed by atoms with van der Waals surface area (Å²) in [6.07, 6.45) is 3.20. The number of rotatable bonds is 3. The number of piperidine rings is 1. The largest absolute Gasteiger partial charge is 0.359 e. The molecule has 7 nitrogen and oxygen atoms in total. The molecule has 1 aliphatic rings. The highest BCUT2D eigenvalue weighted by atomic mass is 32.1. The van der Waals surface area contributed by atoms with Gasteiger partial charge in [-0.3, -0.25) is 4.79 Å². The lowest BCUT2D eigenvalue weighted by atomic mass is 9.93. The fraction of sp³-hybridized carbons (Fsp3) is 0.524. The maximum Gasteiger partial charge on any atom is 0.228 e. The van der Waals surface area contributed by atoms with Gasteiger partial charge in [0.05, 0.1) is 5.39 Å². The third-order valence-corrected chi connectivity index (χ3v) is 6.73. The van der Waals surface area contributed by atoms with Crippen molar-refractivity contribution in [2.24, 2.45) is 5.92 Å². The first-order valence-electron chi connectivity index (χ1n) is 9.97. The molecule has 0 bridgehead atoms. The average Bonchev–Trinajstić information content (AvgIpc) is 3.27. The lowest BCUT2D eigenvalue weighted by Crippen LogP contribution is -2.38. The van der Waals surface area contributed by atoms with Crippen LogP contribution in [0.25, 0.3) is 10.2 Å². The Labute approximate surface area is 174 Å². The summed E-state index contributed by atoms with van der Waals surface area (Å²) in [6, 6.07) is 1.81. The minimum Gasteiger partial charge on any atom is -0.359 e.